The van der Waals surface area contributed by atoms with Crippen LogP contribution >= 0.6 is 0 Å². The van der Waals surface area contributed by atoms with Gasteiger partial charge in [0.25, 0.3) is 0 Å². The highest BCUT2D eigenvalue weighted by Gasteiger charge is 2.16. The van der Waals surface area contributed by atoms with Gasteiger partial charge in [0.05, 0.1) is 0 Å². The molecule has 0 radical (unpaired) electrons. The Bertz CT molecular complexity index is 1140. The maximum atomic E-state index is 6.59. The minimum absolute atomic E-state index is 0.0369. The molecular weight excluding hydrogens is 412 g/mol. The molecule has 2 nitrogen and oxygen atoms in total. The maximum Gasteiger partial charge on any atom is 0.0490 e. The molecule has 4 N–H and O–H groups in total. The lowest BCUT2D eigenvalue weighted by Gasteiger charge is -2.20. The van der Waals surface area contributed by atoms with E-state index >= 15 is 0 Å². The largest absolute Gasteiger partial charge is 0.324 e. The van der Waals surface area contributed by atoms with Gasteiger partial charge in [-0.15, -0.1) is 0 Å². The number of allylic oxidation sites excluding steroid dienone is 10. The second-order valence-corrected chi connectivity index (χ2v) is 9.14. The molecule has 3 atom stereocenters. The molecule has 2 aliphatic carbocycles. The fourth-order valence-corrected chi connectivity index (χ4v) is 4.50. The van der Waals surface area contributed by atoms with Crippen molar-refractivity contribution in [3.8, 4) is 0 Å². The number of benzene rings is 2. The minimum atomic E-state index is -0.178. The van der Waals surface area contributed by atoms with Gasteiger partial charge in [-0.1, -0.05) is 116 Å². The molecule has 0 heterocycles. The molecule has 0 spiro atoms. The zero-order valence-electron chi connectivity index (χ0n) is 20.1. The standard InChI is InChI=1S/C32H36N2/c1-2-31(33)20-19-30(23-32(34)25-13-7-4-8-14-25)29-18-10-17-28(22-29)27-16-9-15-26(21-27)24-11-5-3-6-12-24/h3-5,7-11,13-16,18-23,28,31-32H,2,6,12,17,33-34H2,1H3/b20-19+,30-23+/t28?,31-,32?/m0/s1. The molecule has 34 heavy (non-hydrogen) atoms. The smallest absolute Gasteiger partial charge is 0.0490 e. The van der Waals surface area contributed by atoms with Crippen LogP contribution < -0.4 is 11.5 Å². The molecule has 2 unspecified atom stereocenters. The molecule has 4 rings (SSSR count). The van der Waals surface area contributed by atoms with Crippen LogP contribution in [0.15, 0.2) is 120 Å². The van der Waals surface area contributed by atoms with Crippen LogP contribution in [0.2, 0.25) is 0 Å². The van der Waals surface area contributed by atoms with Gasteiger partial charge < -0.3 is 11.5 Å². The van der Waals surface area contributed by atoms with E-state index in [1.807, 2.05) is 18.2 Å². The minimum Gasteiger partial charge on any atom is -0.324 e. The molecular formula is C32H36N2. The van der Waals surface area contributed by atoms with Gasteiger partial charge in [0.1, 0.15) is 0 Å². The van der Waals surface area contributed by atoms with Gasteiger partial charge >= 0.3 is 0 Å². The first kappa shape index (κ1) is 23.9. The molecule has 0 saturated heterocycles. The Morgan fingerprint density at radius 2 is 1.91 bits per heavy atom. The fourth-order valence-electron chi connectivity index (χ4n) is 4.50. The van der Waals surface area contributed by atoms with E-state index in [-0.39, 0.29) is 12.1 Å². The van der Waals surface area contributed by atoms with E-state index in [1.165, 1.54) is 22.3 Å². The van der Waals surface area contributed by atoms with E-state index in [1.54, 1.807) is 0 Å². The zero-order chi connectivity index (χ0) is 23.8. The summed E-state index contributed by atoms with van der Waals surface area (Å²) in [4.78, 5) is 0. The summed E-state index contributed by atoms with van der Waals surface area (Å²) >= 11 is 0. The summed E-state index contributed by atoms with van der Waals surface area (Å²) in [6, 6.07) is 19.1. The lowest BCUT2D eigenvalue weighted by Crippen LogP contribution is -2.15. The van der Waals surface area contributed by atoms with Crippen LogP contribution in [0.4, 0.5) is 0 Å². The third-order valence-electron chi connectivity index (χ3n) is 6.64. The van der Waals surface area contributed by atoms with Crippen molar-refractivity contribution in [2.24, 2.45) is 11.5 Å². The Kier molecular flexibility index (Phi) is 8.30. The molecule has 0 amide bonds. The van der Waals surface area contributed by atoms with Gasteiger partial charge in [0.2, 0.25) is 0 Å². The molecule has 2 aromatic carbocycles. The third-order valence-corrected chi connectivity index (χ3v) is 6.64. The highest BCUT2D eigenvalue weighted by molar-refractivity contribution is 5.69. The lowest BCUT2D eigenvalue weighted by atomic mass is 9.85. The van der Waals surface area contributed by atoms with Crippen LogP contribution in [0.1, 0.15) is 61.3 Å². The van der Waals surface area contributed by atoms with Gasteiger partial charge in [0, 0.05) is 18.0 Å². The van der Waals surface area contributed by atoms with Crippen LogP contribution in [0, 0.1) is 0 Å². The Labute approximate surface area is 204 Å². The predicted octanol–water partition coefficient (Wildman–Crippen LogP) is 7.31. The van der Waals surface area contributed by atoms with Gasteiger partial charge in [-0.25, -0.2) is 0 Å². The van der Waals surface area contributed by atoms with Crippen molar-refractivity contribution >= 4 is 5.57 Å². The fraction of sp³-hybridized carbons (Fsp3) is 0.250. The summed E-state index contributed by atoms with van der Waals surface area (Å²) < 4.78 is 0. The van der Waals surface area contributed by atoms with Crippen LogP contribution in [0.3, 0.4) is 0 Å². The van der Waals surface area contributed by atoms with E-state index < -0.39 is 0 Å². The van der Waals surface area contributed by atoms with Crippen molar-refractivity contribution < 1.29 is 0 Å². The van der Waals surface area contributed by atoms with Crippen molar-refractivity contribution in [2.45, 2.75) is 50.6 Å². The van der Waals surface area contributed by atoms with E-state index in [2.05, 4.69) is 98.0 Å². The van der Waals surface area contributed by atoms with Gasteiger partial charge in [0.15, 0.2) is 0 Å². The summed E-state index contributed by atoms with van der Waals surface area (Å²) in [7, 11) is 0. The molecule has 0 aromatic heterocycles. The number of rotatable bonds is 8. The van der Waals surface area contributed by atoms with Crippen molar-refractivity contribution in [3.63, 3.8) is 0 Å². The lowest BCUT2D eigenvalue weighted by molar-refractivity contribution is 0.781. The first-order valence-electron chi connectivity index (χ1n) is 12.4. The number of hydrogen-bond acceptors (Lipinski definition) is 2. The SMILES string of the molecule is CC[C@H](N)/C=C/C(=C\C(N)c1ccccc1)C1=CC(c2cccc(C3=CC=CCC3)c2)CC=C1. The van der Waals surface area contributed by atoms with Crippen molar-refractivity contribution in [1.29, 1.82) is 0 Å². The second-order valence-electron chi connectivity index (χ2n) is 9.14. The Morgan fingerprint density at radius 1 is 1.06 bits per heavy atom. The Hall–Kier alpha value is -3.20. The first-order valence-corrected chi connectivity index (χ1v) is 12.4. The van der Waals surface area contributed by atoms with Crippen molar-refractivity contribution in [1.82, 2.24) is 0 Å². The highest BCUT2D eigenvalue weighted by Crippen LogP contribution is 2.33. The average Bonchev–Trinajstić information content (AvgIpc) is 2.91. The molecule has 0 bridgehead atoms. The van der Waals surface area contributed by atoms with E-state index in [0.29, 0.717) is 5.92 Å². The number of nitrogens with two attached hydrogens (primary N) is 2. The van der Waals surface area contributed by atoms with E-state index in [9.17, 15) is 0 Å². The highest BCUT2D eigenvalue weighted by atomic mass is 14.6. The first-order chi connectivity index (χ1) is 16.6. The van der Waals surface area contributed by atoms with Crippen LogP contribution in [0.5, 0.6) is 0 Å². The molecule has 2 heteroatoms. The predicted molar refractivity (Wildman–Crippen MR) is 146 cm³/mol. The molecule has 0 saturated carbocycles. The van der Waals surface area contributed by atoms with Crippen LogP contribution in [-0.4, -0.2) is 6.04 Å². The van der Waals surface area contributed by atoms with Gasteiger partial charge in [-0.05, 0) is 59.1 Å². The normalized spacial score (nSPS) is 20.2. The summed E-state index contributed by atoms with van der Waals surface area (Å²) in [5.74, 6) is 0.337. The van der Waals surface area contributed by atoms with Crippen molar-refractivity contribution in [2.75, 3.05) is 0 Å². The van der Waals surface area contributed by atoms with E-state index in [4.69, 9.17) is 11.5 Å². The van der Waals surface area contributed by atoms with Crippen LogP contribution in [0.25, 0.3) is 5.57 Å². The zero-order valence-corrected chi connectivity index (χ0v) is 20.1. The van der Waals surface area contributed by atoms with Gasteiger partial charge in [-0.3, -0.25) is 0 Å². The van der Waals surface area contributed by atoms with Crippen molar-refractivity contribution in [3.05, 3.63) is 137 Å². The third kappa shape index (κ3) is 6.22. The van der Waals surface area contributed by atoms with Gasteiger partial charge in [-0.2, -0.15) is 0 Å². The summed E-state index contributed by atoms with van der Waals surface area (Å²) in [6.45, 7) is 2.11. The maximum absolute atomic E-state index is 6.59. The van der Waals surface area contributed by atoms with E-state index in [0.717, 1.165) is 36.8 Å². The average molecular weight is 449 g/mol. The quantitative estimate of drug-likeness (QED) is 0.416. The summed E-state index contributed by atoms with van der Waals surface area (Å²) in [5.41, 5.74) is 20.3. The topological polar surface area (TPSA) is 52.0 Å². The Morgan fingerprint density at radius 3 is 2.68 bits per heavy atom. The summed E-state index contributed by atoms with van der Waals surface area (Å²) in [6.07, 6.45) is 24.1. The Balaban J connectivity index is 1.65. The molecule has 0 fully saturated rings. The van der Waals surface area contributed by atoms with Crippen LogP contribution in [-0.2, 0) is 0 Å². The second kappa shape index (κ2) is 11.8. The molecule has 2 aromatic rings. The summed E-state index contributed by atoms with van der Waals surface area (Å²) in [5, 5.41) is 0. The molecule has 2 aliphatic rings. The number of hydrogen-bond donors (Lipinski definition) is 2. The monoisotopic (exact) mass is 448 g/mol. The molecule has 174 valence electrons. The molecule has 0 aliphatic heterocycles.